The SMILES string of the molecule is CC[C@H](C)CNCCN1CCCCC1. The predicted octanol–water partition coefficient (Wildman–Crippen LogP) is 2.11. The van der Waals surface area contributed by atoms with Crippen LogP contribution in [-0.2, 0) is 0 Å². The number of nitrogens with one attached hydrogen (secondary N) is 1. The molecular formula is C12H26N2. The molecule has 0 aromatic carbocycles. The molecule has 1 fully saturated rings. The van der Waals surface area contributed by atoms with Gasteiger partial charge in [-0.15, -0.1) is 0 Å². The van der Waals surface area contributed by atoms with Crippen molar-refractivity contribution in [3.8, 4) is 0 Å². The summed E-state index contributed by atoms with van der Waals surface area (Å²) >= 11 is 0. The summed E-state index contributed by atoms with van der Waals surface area (Å²) in [6.07, 6.45) is 5.55. The van der Waals surface area contributed by atoms with Crippen molar-refractivity contribution in [2.24, 2.45) is 5.92 Å². The monoisotopic (exact) mass is 198 g/mol. The fraction of sp³-hybridized carbons (Fsp3) is 1.00. The lowest BCUT2D eigenvalue weighted by molar-refractivity contribution is 0.228. The van der Waals surface area contributed by atoms with Gasteiger partial charge in [-0.2, -0.15) is 0 Å². The molecule has 1 heterocycles. The minimum Gasteiger partial charge on any atom is -0.315 e. The third-order valence-corrected chi connectivity index (χ3v) is 3.24. The first kappa shape index (κ1) is 12.0. The standard InChI is InChI=1S/C12H26N2/c1-3-12(2)11-13-7-10-14-8-5-4-6-9-14/h12-13H,3-11H2,1-2H3/t12-/m0/s1. The maximum Gasteiger partial charge on any atom is 0.0107 e. The number of likely N-dealkylation sites (tertiary alicyclic amines) is 1. The summed E-state index contributed by atoms with van der Waals surface area (Å²) in [5, 5.41) is 3.54. The zero-order valence-electron chi connectivity index (χ0n) is 9.89. The zero-order valence-corrected chi connectivity index (χ0v) is 9.89. The van der Waals surface area contributed by atoms with Gasteiger partial charge >= 0.3 is 0 Å². The Kier molecular flexibility index (Phi) is 6.20. The van der Waals surface area contributed by atoms with Crippen LogP contribution in [0.2, 0.25) is 0 Å². The Morgan fingerprint density at radius 3 is 2.57 bits per heavy atom. The van der Waals surface area contributed by atoms with E-state index < -0.39 is 0 Å². The summed E-state index contributed by atoms with van der Waals surface area (Å²) < 4.78 is 0. The molecule has 1 aliphatic rings. The van der Waals surface area contributed by atoms with E-state index >= 15 is 0 Å². The summed E-state index contributed by atoms with van der Waals surface area (Å²) in [5.74, 6) is 0.830. The van der Waals surface area contributed by atoms with Gasteiger partial charge in [0, 0.05) is 13.1 Å². The topological polar surface area (TPSA) is 15.3 Å². The Labute approximate surface area is 89.1 Å². The van der Waals surface area contributed by atoms with E-state index in [0.29, 0.717) is 0 Å². The Hall–Kier alpha value is -0.0800. The third kappa shape index (κ3) is 4.97. The van der Waals surface area contributed by atoms with E-state index in [2.05, 4.69) is 24.1 Å². The van der Waals surface area contributed by atoms with Gasteiger partial charge in [-0.1, -0.05) is 26.7 Å². The van der Waals surface area contributed by atoms with Crippen LogP contribution in [0.4, 0.5) is 0 Å². The smallest absolute Gasteiger partial charge is 0.0107 e. The Morgan fingerprint density at radius 1 is 1.21 bits per heavy atom. The summed E-state index contributed by atoms with van der Waals surface area (Å²) in [6, 6.07) is 0. The Balaban J connectivity index is 1.92. The predicted molar refractivity (Wildman–Crippen MR) is 62.6 cm³/mol. The summed E-state index contributed by atoms with van der Waals surface area (Å²) in [4.78, 5) is 2.59. The second kappa shape index (κ2) is 7.24. The van der Waals surface area contributed by atoms with Crippen molar-refractivity contribution in [1.29, 1.82) is 0 Å². The fourth-order valence-electron chi connectivity index (χ4n) is 1.91. The lowest BCUT2D eigenvalue weighted by atomic mass is 10.1. The second-order valence-electron chi connectivity index (χ2n) is 4.62. The number of hydrogen-bond acceptors (Lipinski definition) is 2. The van der Waals surface area contributed by atoms with E-state index in [1.807, 2.05) is 0 Å². The molecule has 2 nitrogen and oxygen atoms in total. The summed E-state index contributed by atoms with van der Waals surface area (Å²) in [7, 11) is 0. The minimum atomic E-state index is 0.830. The quantitative estimate of drug-likeness (QED) is 0.658. The number of piperidine rings is 1. The van der Waals surface area contributed by atoms with Crippen molar-refractivity contribution in [1.82, 2.24) is 10.2 Å². The number of rotatable bonds is 6. The van der Waals surface area contributed by atoms with Gasteiger partial charge in [0.1, 0.15) is 0 Å². The maximum atomic E-state index is 3.54. The van der Waals surface area contributed by atoms with Crippen LogP contribution in [0.5, 0.6) is 0 Å². The molecule has 0 radical (unpaired) electrons. The van der Waals surface area contributed by atoms with Crippen LogP contribution in [-0.4, -0.2) is 37.6 Å². The number of nitrogens with zero attached hydrogens (tertiary/aromatic N) is 1. The van der Waals surface area contributed by atoms with Gasteiger partial charge in [0.25, 0.3) is 0 Å². The fourth-order valence-corrected chi connectivity index (χ4v) is 1.91. The van der Waals surface area contributed by atoms with Crippen LogP contribution in [0.25, 0.3) is 0 Å². The maximum absolute atomic E-state index is 3.54. The average molecular weight is 198 g/mol. The molecule has 0 bridgehead atoms. The van der Waals surface area contributed by atoms with E-state index in [-0.39, 0.29) is 0 Å². The van der Waals surface area contributed by atoms with Gasteiger partial charge in [-0.3, -0.25) is 0 Å². The van der Waals surface area contributed by atoms with Crippen LogP contribution in [0.15, 0.2) is 0 Å². The third-order valence-electron chi connectivity index (χ3n) is 3.24. The molecule has 2 heteroatoms. The van der Waals surface area contributed by atoms with Crippen LogP contribution in [0.1, 0.15) is 39.5 Å². The molecule has 14 heavy (non-hydrogen) atoms. The van der Waals surface area contributed by atoms with Gasteiger partial charge in [0.05, 0.1) is 0 Å². The highest BCUT2D eigenvalue weighted by Crippen LogP contribution is 2.07. The van der Waals surface area contributed by atoms with E-state index in [9.17, 15) is 0 Å². The normalized spacial score (nSPS) is 21.0. The molecule has 0 saturated carbocycles. The van der Waals surface area contributed by atoms with Crippen molar-refractivity contribution >= 4 is 0 Å². The molecule has 0 unspecified atom stereocenters. The first-order chi connectivity index (χ1) is 6.83. The molecule has 0 aromatic heterocycles. The molecule has 84 valence electrons. The van der Waals surface area contributed by atoms with E-state index in [1.165, 1.54) is 58.4 Å². The average Bonchev–Trinajstić information content (AvgIpc) is 2.25. The Morgan fingerprint density at radius 2 is 1.93 bits per heavy atom. The van der Waals surface area contributed by atoms with Crippen molar-refractivity contribution in [3.63, 3.8) is 0 Å². The van der Waals surface area contributed by atoms with Crippen LogP contribution in [0, 0.1) is 5.92 Å². The lowest BCUT2D eigenvalue weighted by Crippen LogP contribution is -2.36. The molecular weight excluding hydrogens is 172 g/mol. The van der Waals surface area contributed by atoms with Crippen LogP contribution < -0.4 is 5.32 Å². The molecule has 0 spiro atoms. The number of hydrogen-bond donors (Lipinski definition) is 1. The molecule has 0 aromatic rings. The van der Waals surface area contributed by atoms with Gasteiger partial charge in [0.2, 0.25) is 0 Å². The van der Waals surface area contributed by atoms with Crippen molar-refractivity contribution < 1.29 is 0 Å². The summed E-state index contributed by atoms with van der Waals surface area (Å²) in [5.41, 5.74) is 0. The zero-order chi connectivity index (χ0) is 10.2. The van der Waals surface area contributed by atoms with E-state index in [0.717, 1.165) is 5.92 Å². The van der Waals surface area contributed by atoms with Gasteiger partial charge in [-0.25, -0.2) is 0 Å². The van der Waals surface area contributed by atoms with E-state index in [1.54, 1.807) is 0 Å². The molecule has 0 aliphatic carbocycles. The van der Waals surface area contributed by atoms with E-state index in [4.69, 9.17) is 0 Å². The highest BCUT2D eigenvalue weighted by molar-refractivity contribution is 4.65. The molecule has 1 saturated heterocycles. The highest BCUT2D eigenvalue weighted by atomic mass is 15.1. The second-order valence-corrected chi connectivity index (χ2v) is 4.62. The Bertz CT molecular complexity index is 130. The van der Waals surface area contributed by atoms with Crippen LogP contribution in [0.3, 0.4) is 0 Å². The van der Waals surface area contributed by atoms with Gasteiger partial charge in [0.15, 0.2) is 0 Å². The van der Waals surface area contributed by atoms with Crippen LogP contribution >= 0.6 is 0 Å². The van der Waals surface area contributed by atoms with Crippen molar-refractivity contribution in [2.75, 3.05) is 32.7 Å². The minimum absolute atomic E-state index is 0.830. The van der Waals surface area contributed by atoms with Gasteiger partial charge in [-0.05, 0) is 38.4 Å². The summed E-state index contributed by atoms with van der Waals surface area (Å²) in [6.45, 7) is 10.8. The first-order valence-electron chi connectivity index (χ1n) is 6.26. The largest absolute Gasteiger partial charge is 0.315 e. The molecule has 1 atom stereocenters. The lowest BCUT2D eigenvalue weighted by Gasteiger charge is -2.26. The molecule has 1 N–H and O–H groups in total. The van der Waals surface area contributed by atoms with Crippen molar-refractivity contribution in [2.45, 2.75) is 39.5 Å². The first-order valence-corrected chi connectivity index (χ1v) is 6.26. The highest BCUT2D eigenvalue weighted by Gasteiger charge is 2.08. The molecule has 0 amide bonds. The van der Waals surface area contributed by atoms with Crippen molar-refractivity contribution in [3.05, 3.63) is 0 Å². The molecule has 1 rings (SSSR count). The molecule has 1 aliphatic heterocycles. The van der Waals surface area contributed by atoms with Gasteiger partial charge < -0.3 is 10.2 Å².